The predicted octanol–water partition coefficient (Wildman–Crippen LogP) is -1.57. The largest absolute Gasteiger partial charge is 0.394 e. The zero-order valence-corrected chi connectivity index (χ0v) is 7.01. The lowest BCUT2D eigenvalue weighted by atomic mass is 10.0. The van der Waals surface area contributed by atoms with Crippen LogP contribution in [0.2, 0.25) is 0 Å². The summed E-state index contributed by atoms with van der Waals surface area (Å²) >= 11 is 0. The standard InChI is InChI=1S/C7H15NO4/c1-11-7-4(8)2-5(10)6(3-9)12-7/h4-7,9-10H,2-3,8H2,1H3/t4-,5+,6-,7+/m1/s1. The molecule has 5 nitrogen and oxygen atoms in total. The maximum absolute atomic E-state index is 9.33. The van der Waals surface area contributed by atoms with Crippen molar-refractivity contribution in [2.45, 2.75) is 31.0 Å². The number of rotatable bonds is 2. The van der Waals surface area contributed by atoms with Crippen molar-refractivity contribution in [3.05, 3.63) is 0 Å². The van der Waals surface area contributed by atoms with Crippen LogP contribution in [0.5, 0.6) is 0 Å². The Morgan fingerprint density at radius 3 is 2.83 bits per heavy atom. The fraction of sp³-hybridized carbons (Fsp3) is 1.00. The van der Waals surface area contributed by atoms with Gasteiger partial charge in [0, 0.05) is 7.11 Å². The van der Waals surface area contributed by atoms with Crippen LogP contribution in [-0.4, -0.2) is 48.5 Å². The third-order valence-corrected chi connectivity index (χ3v) is 2.01. The van der Waals surface area contributed by atoms with Crippen LogP contribution in [0.1, 0.15) is 6.42 Å². The Kier molecular flexibility index (Phi) is 3.42. The van der Waals surface area contributed by atoms with E-state index in [2.05, 4.69) is 0 Å². The second-order valence-corrected chi connectivity index (χ2v) is 2.93. The summed E-state index contributed by atoms with van der Waals surface area (Å²) in [5.74, 6) is 0. The molecule has 1 fully saturated rings. The van der Waals surface area contributed by atoms with E-state index in [-0.39, 0.29) is 12.6 Å². The van der Waals surface area contributed by atoms with Crippen molar-refractivity contribution in [1.29, 1.82) is 0 Å². The molecular formula is C7H15NO4. The van der Waals surface area contributed by atoms with E-state index in [4.69, 9.17) is 20.3 Å². The average Bonchev–Trinajstić information content (AvgIpc) is 2.05. The summed E-state index contributed by atoms with van der Waals surface area (Å²) in [5.41, 5.74) is 5.61. The molecule has 0 spiro atoms. The number of ether oxygens (including phenoxy) is 2. The van der Waals surface area contributed by atoms with Gasteiger partial charge in [-0.25, -0.2) is 0 Å². The van der Waals surface area contributed by atoms with Gasteiger partial charge in [0.25, 0.3) is 0 Å². The number of nitrogens with two attached hydrogens (primary N) is 1. The molecule has 0 aromatic rings. The Labute approximate surface area is 71.1 Å². The van der Waals surface area contributed by atoms with Crippen molar-refractivity contribution in [3.63, 3.8) is 0 Å². The summed E-state index contributed by atoms with van der Waals surface area (Å²) in [5, 5.41) is 18.1. The van der Waals surface area contributed by atoms with Crippen molar-refractivity contribution in [3.8, 4) is 0 Å². The Morgan fingerprint density at radius 2 is 2.33 bits per heavy atom. The number of aliphatic hydroxyl groups excluding tert-OH is 2. The third-order valence-electron chi connectivity index (χ3n) is 2.01. The number of hydrogen-bond acceptors (Lipinski definition) is 5. The molecule has 12 heavy (non-hydrogen) atoms. The van der Waals surface area contributed by atoms with Crippen LogP contribution >= 0.6 is 0 Å². The summed E-state index contributed by atoms with van der Waals surface area (Å²) in [6.07, 6.45) is -1.40. The van der Waals surface area contributed by atoms with Gasteiger partial charge in [-0.2, -0.15) is 0 Å². The van der Waals surface area contributed by atoms with Crippen LogP contribution in [0.15, 0.2) is 0 Å². The van der Waals surface area contributed by atoms with E-state index in [0.29, 0.717) is 6.42 Å². The molecule has 0 unspecified atom stereocenters. The van der Waals surface area contributed by atoms with Gasteiger partial charge in [-0.05, 0) is 6.42 Å². The lowest BCUT2D eigenvalue weighted by molar-refractivity contribution is -0.227. The van der Waals surface area contributed by atoms with E-state index in [9.17, 15) is 5.11 Å². The Hall–Kier alpha value is -0.200. The monoisotopic (exact) mass is 177 g/mol. The molecule has 0 saturated carbocycles. The molecule has 1 aliphatic heterocycles. The molecule has 72 valence electrons. The number of hydrogen-bond donors (Lipinski definition) is 3. The maximum Gasteiger partial charge on any atom is 0.172 e. The van der Waals surface area contributed by atoms with Crippen molar-refractivity contribution in [1.82, 2.24) is 0 Å². The Bertz CT molecular complexity index is 129. The molecule has 1 heterocycles. The van der Waals surface area contributed by atoms with E-state index in [1.807, 2.05) is 0 Å². The van der Waals surface area contributed by atoms with Crippen molar-refractivity contribution >= 4 is 0 Å². The highest BCUT2D eigenvalue weighted by atomic mass is 16.7. The van der Waals surface area contributed by atoms with Gasteiger partial charge in [0.2, 0.25) is 0 Å². The van der Waals surface area contributed by atoms with Crippen LogP contribution in [0, 0.1) is 0 Å². The quantitative estimate of drug-likeness (QED) is 0.474. The minimum Gasteiger partial charge on any atom is -0.394 e. The molecule has 0 radical (unpaired) electrons. The molecule has 1 rings (SSSR count). The lowest BCUT2D eigenvalue weighted by Crippen LogP contribution is -2.52. The van der Waals surface area contributed by atoms with Crippen molar-refractivity contribution in [2.24, 2.45) is 5.73 Å². The molecule has 0 aromatic carbocycles. The molecule has 0 aliphatic carbocycles. The molecule has 4 atom stereocenters. The predicted molar refractivity (Wildman–Crippen MR) is 41.4 cm³/mol. The van der Waals surface area contributed by atoms with E-state index >= 15 is 0 Å². The van der Waals surface area contributed by atoms with Crippen LogP contribution in [0.25, 0.3) is 0 Å². The SMILES string of the molecule is CO[C@H]1O[C@H](CO)[C@@H](O)C[C@H]1N. The van der Waals surface area contributed by atoms with Gasteiger partial charge in [0.05, 0.1) is 18.8 Å². The fourth-order valence-corrected chi connectivity index (χ4v) is 1.30. The first kappa shape index (κ1) is 9.88. The molecule has 0 aromatic heterocycles. The van der Waals surface area contributed by atoms with Crippen LogP contribution < -0.4 is 5.73 Å². The summed E-state index contributed by atoms with van der Waals surface area (Å²) in [6.45, 7) is -0.215. The van der Waals surface area contributed by atoms with E-state index < -0.39 is 18.5 Å². The number of aliphatic hydroxyl groups is 2. The summed E-state index contributed by atoms with van der Waals surface area (Å²) in [7, 11) is 1.48. The summed E-state index contributed by atoms with van der Waals surface area (Å²) < 4.78 is 10.1. The van der Waals surface area contributed by atoms with Crippen LogP contribution in [0.4, 0.5) is 0 Å². The highest BCUT2D eigenvalue weighted by Gasteiger charge is 2.34. The van der Waals surface area contributed by atoms with E-state index in [1.54, 1.807) is 0 Å². The summed E-state index contributed by atoms with van der Waals surface area (Å²) in [6, 6.07) is -0.326. The Balaban J connectivity index is 2.50. The average molecular weight is 177 g/mol. The van der Waals surface area contributed by atoms with Crippen molar-refractivity contribution in [2.75, 3.05) is 13.7 Å². The fourth-order valence-electron chi connectivity index (χ4n) is 1.30. The first-order valence-corrected chi connectivity index (χ1v) is 3.91. The Morgan fingerprint density at radius 1 is 1.67 bits per heavy atom. The van der Waals surface area contributed by atoms with Gasteiger partial charge in [0.15, 0.2) is 6.29 Å². The summed E-state index contributed by atoms with van der Waals surface area (Å²) in [4.78, 5) is 0. The normalized spacial score (nSPS) is 43.0. The van der Waals surface area contributed by atoms with E-state index in [1.165, 1.54) is 7.11 Å². The van der Waals surface area contributed by atoms with Gasteiger partial charge >= 0.3 is 0 Å². The first-order chi connectivity index (χ1) is 5.69. The van der Waals surface area contributed by atoms with Gasteiger partial charge in [-0.15, -0.1) is 0 Å². The molecule has 1 aliphatic rings. The maximum atomic E-state index is 9.33. The van der Waals surface area contributed by atoms with Crippen LogP contribution in [0.3, 0.4) is 0 Å². The molecule has 4 N–H and O–H groups in total. The van der Waals surface area contributed by atoms with Gasteiger partial charge in [-0.1, -0.05) is 0 Å². The topological polar surface area (TPSA) is 84.9 Å². The van der Waals surface area contributed by atoms with Gasteiger partial charge in [-0.3, -0.25) is 0 Å². The minimum absolute atomic E-state index is 0.215. The molecule has 1 saturated heterocycles. The van der Waals surface area contributed by atoms with Gasteiger partial charge in [0.1, 0.15) is 6.10 Å². The van der Waals surface area contributed by atoms with Crippen molar-refractivity contribution < 1.29 is 19.7 Å². The molecule has 0 bridgehead atoms. The first-order valence-electron chi connectivity index (χ1n) is 3.91. The highest BCUT2D eigenvalue weighted by Crippen LogP contribution is 2.18. The zero-order valence-electron chi connectivity index (χ0n) is 7.01. The second-order valence-electron chi connectivity index (χ2n) is 2.93. The van der Waals surface area contributed by atoms with E-state index in [0.717, 1.165) is 0 Å². The highest BCUT2D eigenvalue weighted by molar-refractivity contribution is 4.82. The molecule has 0 amide bonds. The third kappa shape index (κ3) is 1.94. The number of methoxy groups -OCH3 is 1. The van der Waals surface area contributed by atoms with Gasteiger partial charge < -0.3 is 25.4 Å². The minimum atomic E-state index is -0.698. The lowest BCUT2D eigenvalue weighted by Gasteiger charge is -2.36. The van der Waals surface area contributed by atoms with Crippen LogP contribution in [-0.2, 0) is 9.47 Å². The second kappa shape index (κ2) is 4.15. The smallest absolute Gasteiger partial charge is 0.172 e. The molecule has 5 heteroatoms. The zero-order chi connectivity index (χ0) is 9.14. The molecular weight excluding hydrogens is 162 g/mol.